The van der Waals surface area contributed by atoms with Gasteiger partial charge in [0.1, 0.15) is 0 Å². The number of hydrogen-bond donors (Lipinski definition) is 2. The Bertz CT molecular complexity index is 449. The van der Waals surface area contributed by atoms with E-state index < -0.39 is 0 Å². The first-order valence-corrected chi connectivity index (χ1v) is 16.5. The third kappa shape index (κ3) is 17.8. The van der Waals surface area contributed by atoms with E-state index in [4.69, 9.17) is 9.47 Å². The second-order valence-electron chi connectivity index (χ2n) is 6.48. The number of hydrogen-bond acceptors (Lipinski definition) is 8. The van der Waals surface area contributed by atoms with Crippen molar-refractivity contribution in [2.45, 2.75) is 26.1 Å². The van der Waals surface area contributed by atoms with Gasteiger partial charge < -0.3 is 9.47 Å². The predicted molar refractivity (Wildman–Crippen MR) is 152 cm³/mol. The molecular weight excluding hydrogens is 489 g/mol. The van der Waals surface area contributed by atoms with Crippen LogP contribution >= 0.6 is 72.3 Å². The zero-order chi connectivity index (χ0) is 21.5. The van der Waals surface area contributed by atoms with Crippen LogP contribution in [0.4, 0.5) is 0 Å². The molecule has 0 amide bonds. The van der Waals surface area contributed by atoms with Crippen LogP contribution in [-0.2, 0) is 22.7 Å². The van der Waals surface area contributed by atoms with Crippen molar-refractivity contribution in [2.24, 2.45) is 0 Å². The van der Waals surface area contributed by atoms with Crippen molar-refractivity contribution in [3.63, 3.8) is 0 Å². The van der Waals surface area contributed by atoms with Crippen molar-refractivity contribution in [1.82, 2.24) is 0 Å². The molecule has 0 saturated heterocycles. The van der Waals surface area contributed by atoms with E-state index in [1.807, 2.05) is 47.0 Å². The minimum absolute atomic E-state index is 0.682. The van der Waals surface area contributed by atoms with Crippen LogP contribution in [0, 0.1) is 0 Å². The first-order valence-electron chi connectivity index (χ1n) is 10.6. The van der Waals surface area contributed by atoms with Crippen LogP contribution in [0.1, 0.15) is 24.0 Å². The van der Waals surface area contributed by atoms with E-state index in [0.29, 0.717) is 13.2 Å². The molecule has 0 aromatic heterocycles. The Morgan fingerprint density at radius 3 is 1.37 bits per heavy atom. The number of thioether (sulfide) groups is 4. The molecule has 2 nitrogen and oxygen atoms in total. The summed E-state index contributed by atoms with van der Waals surface area (Å²) in [5, 5.41) is 0. The summed E-state index contributed by atoms with van der Waals surface area (Å²) in [7, 11) is 0. The molecule has 0 aliphatic rings. The van der Waals surface area contributed by atoms with Gasteiger partial charge in [-0.05, 0) is 47.0 Å². The second kappa shape index (κ2) is 23.4. The van der Waals surface area contributed by atoms with Crippen LogP contribution in [0.15, 0.2) is 24.3 Å². The molecule has 0 N–H and O–H groups in total. The van der Waals surface area contributed by atoms with Gasteiger partial charge in [-0.15, -0.1) is 0 Å². The van der Waals surface area contributed by atoms with Crippen molar-refractivity contribution in [1.29, 1.82) is 0 Å². The standard InChI is InChI=1S/C22H38O2S6/c25-9-13-29-17-15-27-11-3-7-23-19-21-5-1-2-6-22(21)20-24-8-4-12-28-16-18-30-14-10-26/h1-2,5-6,25-26H,3-4,7-20H2. The molecule has 0 aliphatic heterocycles. The largest absolute Gasteiger partial charge is 0.377 e. The summed E-state index contributed by atoms with van der Waals surface area (Å²) >= 11 is 16.5. The van der Waals surface area contributed by atoms with E-state index in [9.17, 15) is 0 Å². The molecule has 0 fully saturated rings. The average Bonchev–Trinajstić information content (AvgIpc) is 2.77. The monoisotopic (exact) mass is 526 g/mol. The Morgan fingerprint density at radius 1 is 0.567 bits per heavy atom. The van der Waals surface area contributed by atoms with E-state index in [0.717, 1.165) is 49.1 Å². The normalized spacial score (nSPS) is 11.3. The molecule has 174 valence electrons. The van der Waals surface area contributed by atoms with Crippen LogP contribution in [0.25, 0.3) is 0 Å². The van der Waals surface area contributed by atoms with Crippen LogP contribution in [0.2, 0.25) is 0 Å². The highest BCUT2D eigenvalue weighted by molar-refractivity contribution is 8.03. The Morgan fingerprint density at radius 2 is 0.967 bits per heavy atom. The van der Waals surface area contributed by atoms with E-state index in [1.54, 1.807) is 0 Å². The molecule has 0 unspecified atom stereocenters. The van der Waals surface area contributed by atoms with Crippen molar-refractivity contribution < 1.29 is 9.47 Å². The summed E-state index contributed by atoms with van der Waals surface area (Å²) in [5.41, 5.74) is 2.51. The summed E-state index contributed by atoms with van der Waals surface area (Å²) in [6.45, 7) is 3.02. The van der Waals surface area contributed by atoms with E-state index in [1.165, 1.54) is 45.6 Å². The lowest BCUT2D eigenvalue weighted by Crippen LogP contribution is -2.03. The van der Waals surface area contributed by atoms with Gasteiger partial charge in [-0.25, -0.2) is 0 Å². The number of benzene rings is 1. The van der Waals surface area contributed by atoms with Crippen molar-refractivity contribution in [2.75, 3.05) is 70.7 Å². The highest BCUT2D eigenvalue weighted by Gasteiger charge is 2.03. The topological polar surface area (TPSA) is 18.5 Å². The zero-order valence-corrected chi connectivity index (χ0v) is 23.0. The van der Waals surface area contributed by atoms with Crippen LogP contribution in [-0.4, -0.2) is 70.7 Å². The fourth-order valence-corrected chi connectivity index (χ4v) is 6.88. The molecule has 0 atom stereocenters. The van der Waals surface area contributed by atoms with Gasteiger partial charge in [0.25, 0.3) is 0 Å². The molecule has 1 aromatic carbocycles. The quantitative estimate of drug-likeness (QED) is 0.136. The smallest absolute Gasteiger partial charge is 0.0720 e. The fourth-order valence-electron chi connectivity index (χ4n) is 2.50. The number of rotatable bonds is 22. The molecule has 1 aromatic rings. The van der Waals surface area contributed by atoms with E-state index in [-0.39, 0.29) is 0 Å². The lowest BCUT2D eigenvalue weighted by molar-refractivity contribution is 0.108. The maximum absolute atomic E-state index is 5.91. The molecule has 30 heavy (non-hydrogen) atoms. The third-order valence-corrected chi connectivity index (χ3v) is 9.68. The van der Waals surface area contributed by atoms with E-state index >= 15 is 0 Å². The third-order valence-electron chi connectivity index (χ3n) is 4.00. The molecule has 0 saturated carbocycles. The van der Waals surface area contributed by atoms with Gasteiger partial charge in [0.2, 0.25) is 0 Å². The Kier molecular flexibility index (Phi) is 22.8. The van der Waals surface area contributed by atoms with Crippen LogP contribution < -0.4 is 0 Å². The number of thiol groups is 2. The van der Waals surface area contributed by atoms with Crippen molar-refractivity contribution in [3.8, 4) is 0 Å². The molecule has 8 heteroatoms. The molecule has 0 radical (unpaired) electrons. The summed E-state index contributed by atoms with van der Waals surface area (Å²) < 4.78 is 11.8. The molecule has 0 spiro atoms. The Balaban J connectivity index is 2.02. The molecule has 0 aliphatic carbocycles. The van der Waals surface area contributed by atoms with Crippen LogP contribution in [0.3, 0.4) is 0 Å². The average molecular weight is 527 g/mol. The summed E-state index contributed by atoms with van der Waals surface area (Å²) in [5.74, 6) is 11.5. The second-order valence-corrected chi connectivity index (χ2v) is 12.3. The first kappa shape index (κ1) is 29.3. The van der Waals surface area contributed by atoms with Gasteiger partial charge in [0.05, 0.1) is 13.2 Å². The Labute approximate surface area is 212 Å². The highest BCUT2D eigenvalue weighted by Crippen LogP contribution is 2.14. The van der Waals surface area contributed by atoms with Gasteiger partial charge in [-0.2, -0.15) is 72.3 Å². The fraction of sp³-hybridized carbons (Fsp3) is 0.727. The maximum atomic E-state index is 5.91. The van der Waals surface area contributed by atoms with Gasteiger partial charge in [0.15, 0.2) is 0 Å². The zero-order valence-electron chi connectivity index (χ0n) is 18.0. The predicted octanol–water partition coefficient (Wildman–Crippen LogP) is 6.29. The highest BCUT2D eigenvalue weighted by atomic mass is 32.2. The summed E-state index contributed by atoms with van der Waals surface area (Å²) in [6, 6.07) is 8.49. The summed E-state index contributed by atoms with van der Waals surface area (Å²) in [4.78, 5) is 0. The van der Waals surface area contributed by atoms with Gasteiger partial charge >= 0.3 is 0 Å². The molecule has 0 bridgehead atoms. The minimum atomic E-state index is 0.682. The van der Waals surface area contributed by atoms with Gasteiger partial charge in [-0.3, -0.25) is 0 Å². The van der Waals surface area contributed by atoms with Crippen molar-refractivity contribution >= 4 is 72.3 Å². The molecule has 1 rings (SSSR count). The Hall–Kier alpha value is 1.24. The SMILES string of the molecule is SCCSCCSCCCOCc1ccccc1COCCCSCCSCCS. The maximum Gasteiger partial charge on any atom is 0.0720 e. The molecule has 0 heterocycles. The molecular formula is C22H38O2S6. The lowest BCUT2D eigenvalue weighted by Gasteiger charge is -2.11. The first-order chi connectivity index (χ1) is 14.9. The minimum Gasteiger partial charge on any atom is -0.377 e. The van der Waals surface area contributed by atoms with Gasteiger partial charge in [-0.1, -0.05) is 24.3 Å². The summed E-state index contributed by atoms with van der Waals surface area (Å²) in [6.07, 6.45) is 2.23. The van der Waals surface area contributed by atoms with E-state index in [2.05, 4.69) is 49.5 Å². The van der Waals surface area contributed by atoms with Crippen LogP contribution in [0.5, 0.6) is 0 Å². The van der Waals surface area contributed by atoms with Gasteiger partial charge in [0, 0.05) is 47.7 Å². The van der Waals surface area contributed by atoms with Crippen molar-refractivity contribution in [3.05, 3.63) is 35.4 Å². The number of ether oxygens (including phenoxy) is 2. The lowest BCUT2D eigenvalue weighted by atomic mass is 10.1.